The first-order valence-corrected chi connectivity index (χ1v) is 10.1. The molecule has 4 heterocycles. The van der Waals surface area contributed by atoms with Crippen LogP contribution >= 0.6 is 37.2 Å². The largest absolute Gasteiger partial charge is 0.383 e. The van der Waals surface area contributed by atoms with Gasteiger partial charge in [-0.2, -0.15) is 5.10 Å². The Morgan fingerprint density at radius 3 is 2.44 bits per heavy atom. The lowest BCUT2D eigenvalue weighted by Gasteiger charge is -2.22. The molecule has 5 rings (SSSR count). The standard InChI is InChI=1S/C23H24N6.3ClH/c1-14-2-3-16-11-26-21(10-17(16)8-14)19-9-18(12-27-23(19)24)20-13-28-29-22(20)15-4-6-25-7-5-15;;;/h2-3,8-13,15,25H,4-7H2,1H3,(H2,24,27)(H,28,29);3*1H. The highest BCUT2D eigenvalue weighted by Crippen LogP contribution is 2.35. The van der Waals surface area contributed by atoms with Crippen LogP contribution in [0, 0.1) is 6.92 Å². The van der Waals surface area contributed by atoms with Crippen LogP contribution in [0.4, 0.5) is 5.82 Å². The SMILES string of the molecule is Cc1ccc2cnc(-c3cc(-c4cn[nH]c4C4CCNCC4)cnc3N)cc2c1.Cl.Cl.Cl. The maximum atomic E-state index is 6.25. The molecular weight excluding hydrogens is 467 g/mol. The van der Waals surface area contributed by atoms with E-state index in [2.05, 4.69) is 62.7 Å². The number of H-pyrrole nitrogens is 1. The molecule has 0 aliphatic carbocycles. The smallest absolute Gasteiger partial charge is 0.132 e. The monoisotopic (exact) mass is 492 g/mol. The van der Waals surface area contributed by atoms with Crippen molar-refractivity contribution in [3.05, 3.63) is 60.2 Å². The lowest BCUT2D eigenvalue weighted by atomic mass is 9.90. The number of anilines is 1. The molecule has 0 atom stereocenters. The molecule has 0 amide bonds. The quantitative estimate of drug-likeness (QED) is 0.360. The summed E-state index contributed by atoms with van der Waals surface area (Å²) in [5.74, 6) is 0.969. The van der Waals surface area contributed by atoms with Gasteiger partial charge in [-0.15, -0.1) is 37.2 Å². The van der Waals surface area contributed by atoms with Crippen LogP contribution in [0.3, 0.4) is 0 Å². The number of nitrogens with two attached hydrogens (primary N) is 1. The van der Waals surface area contributed by atoms with Crippen molar-refractivity contribution in [2.45, 2.75) is 25.7 Å². The number of fused-ring (bicyclic) bond motifs is 1. The van der Waals surface area contributed by atoms with Crippen molar-refractivity contribution in [3.63, 3.8) is 0 Å². The van der Waals surface area contributed by atoms with Crippen LogP contribution in [0.25, 0.3) is 33.2 Å². The Bertz CT molecular complexity index is 1190. The number of nitrogen functional groups attached to an aromatic ring is 1. The molecule has 1 aliphatic heterocycles. The molecule has 0 saturated carbocycles. The molecule has 0 spiro atoms. The molecule has 6 nitrogen and oxygen atoms in total. The van der Waals surface area contributed by atoms with E-state index in [9.17, 15) is 0 Å². The average molecular weight is 494 g/mol. The fourth-order valence-electron chi connectivity index (χ4n) is 4.18. The van der Waals surface area contributed by atoms with Crippen LogP contribution in [0.2, 0.25) is 0 Å². The van der Waals surface area contributed by atoms with Gasteiger partial charge in [0, 0.05) is 46.1 Å². The van der Waals surface area contributed by atoms with E-state index in [1.165, 1.54) is 11.3 Å². The number of halogens is 3. The van der Waals surface area contributed by atoms with Gasteiger partial charge in [0.05, 0.1) is 11.9 Å². The van der Waals surface area contributed by atoms with Crippen molar-refractivity contribution in [2.75, 3.05) is 18.8 Å². The second-order valence-corrected chi connectivity index (χ2v) is 7.80. The van der Waals surface area contributed by atoms with Gasteiger partial charge in [0.25, 0.3) is 0 Å². The number of nitrogens with one attached hydrogen (secondary N) is 2. The van der Waals surface area contributed by atoms with Crippen molar-refractivity contribution in [2.24, 2.45) is 0 Å². The number of hydrogen-bond acceptors (Lipinski definition) is 5. The first-order chi connectivity index (χ1) is 14.2. The summed E-state index contributed by atoms with van der Waals surface area (Å²) in [5, 5.41) is 13.2. The van der Waals surface area contributed by atoms with Crippen molar-refractivity contribution in [3.8, 4) is 22.4 Å². The number of hydrogen-bond donors (Lipinski definition) is 3. The molecule has 0 unspecified atom stereocenters. The van der Waals surface area contributed by atoms with Gasteiger partial charge in [0.15, 0.2) is 0 Å². The fraction of sp³-hybridized carbons (Fsp3) is 0.261. The number of pyridine rings is 2. The van der Waals surface area contributed by atoms with Crippen LogP contribution in [0.15, 0.2) is 48.9 Å². The molecule has 9 heteroatoms. The van der Waals surface area contributed by atoms with Crippen LogP contribution in [-0.2, 0) is 0 Å². The summed E-state index contributed by atoms with van der Waals surface area (Å²) in [5.41, 5.74) is 12.5. The zero-order chi connectivity index (χ0) is 19.8. The van der Waals surface area contributed by atoms with E-state index < -0.39 is 0 Å². The van der Waals surface area contributed by atoms with Crippen LogP contribution in [-0.4, -0.2) is 33.3 Å². The molecule has 0 radical (unpaired) electrons. The number of aryl methyl sites for hydroxylation is 1. The van der Waals surface area contributed by atoms with Crippen LogP contribution < -0.4 is 11.1 Å². The maximum Gasteiger partial charge on any atom is 0.132 e. The van der Waals surface area contributed by atoms with E-state index in [-0.39, 0.29) is 37.2 Å². The molecule has 1 saturated heterocycles. The summed E-state index contributed by atoms with van der Waals surface area (Å²) < 4.78 is 0. The lowest BCUT2D eigenvalue weighted by Crippen LogP contribution is -2.27. The van der Waals surface area contributed by atoms with Crippen molar-refractivity contribution in [1.82, 2.24) is 25.5 Å². The number of aromatic amines is 1. The van der Waals surface area contributed by atoms with Crippen molar-refractivity contribution < 1.29 is 0 Å². The second kappa shape index (κ2) is 11.0. The van der Waals surface area contributed by atoms with Gasteiger partial charge in [0.1, 0.15) is 5.82 Å². The average Bonchev–Trinajstić information content (AvgIpc) is 3.24. The topological polar surface area (TPSA) is 92.5 Å². The van der Waals surface area contributed by atoms with Gasteiger partial charge in [-0.3, -0.25) is 10.1 Å². The summed E-state index contributed by atoms with van der Waals surface area (Å²) in [6, 6.07) is 10.5. The minimum atomic E-state index is 0. The predicted molar refractivity (Wildman–Crippen MR) is 138 cm³/mol. The van der Waals surface area contributed by atoms with Gasteiger partial charge in [0.2, 0.25) is 0 Å². The Morgan fingerprint density at radius 2 is 1.66 bits per heavy atom. The third-order valence-electron chi connectivity index (χ3n) is 5.80. The minimum absolute atomic E-state index is 0. The Kier molecular flexibility index (Phi) is 8.87. The van der Waals surface area contributed by atoms with E-state index in [1.54, 1.807) is 0 Å². The highest BCUT2D eigenvalue weighted by Gasteiger charge is 2.21. The van der Waals surface area contributed by atoms with Gasteiger partial charge >= 0.3 is 0 Å². The number of aromatic nitrogens is 4. The fourth-order valence-corrected chi connectivity index (χ4v) is 4.18. The minimum Gasteiger partial charge on any atom is -0.383 e. The van der Waals surface area contributed by atoms with Gasteiger partial charge < -0.3 is 11.1 Å². The number of benzene rings is 1. The van der Waals surface area contributed by atoms with E-state index in [4.69, 9.17) is 5.73 Å². The molecule has 170 valence electrons. The molecule has 32 heavy (non-hydrogen) atoms. The van der Waals surface area contributed by atoms with Gasteiger partial charge in [-0.05, 0) is 50.4 Å². The summed E-state index contributed by atoms with van der Waals surface area (Å²) in [4.78, 5) is 9.13. The van der Waals surface area contributed by atoms with Gasteiger partial charge in [-0.1, -0.05) is 23.8 Å². The highest BCUT2D eigenvalue weighted by atomic mass is 35.5. The maximum absolute atomic E-state index is 6.25. The predicted octanol–water partition coefficient (Wildman–Crippen LogP) is 5.31. The molecule has 4 aromatic rings. The normalized spacial score (nSPS) is 13.7. The summed E-state index contributed by atoms with van der Waals surface area (Å²) in [6.07, 6.45) is 7.84. The summed E-state index contributed by atoms with van der Waals surface area (Å²) >= 11 is 0. The lowest BCUT2D eigenvalue weighted by molar-refractivity contribution is 0.453. The molecule has 1 aliphatic rings. The number of piperidine rings is 1. The Labute approximate surface area is 206 Å². The highest BCUT2D eigenvalue weighted by molar-refractivity contribution is 5.88. The van der Waals surface area contributed by atoms with Gasteiger partial charge in [-0.25, -0.2) is 4.98 Å². The van der Waals surface area contributed by atoms with Crippen LogP contribution in [0.5, 0.6) is 0 Å². The molecule has 0 bridgehead atoms. The molecule has 3 aromatic heterocycles. The zero-order valence-electron chi connectivity index (χ0n) is 17.7. The molecular formula is C23H27Cl3N6. The number of rotatable bonds is 3. The van der Waals surface area contributed by atoms with Crippen molar-refractivity contribution in [1.29, 1.82) is 0 Å². The second-order valence-electron chi connectivity index (χ2n) is 7.80. The van der Waals surface area contributed by atoms with Crippen LogP contribution in [0.1, 0.15) is 30.0 Å². The molecule has 1 fully saturated rings. The first-order valence-electron chi connectivity index (χ1n) is 10.1. The number of nitrogens with zero attached hydrogens (tertiary/aromatic N) is 3. The first kappa shape index (κ1) is 25.9. The van der Waals surface area contributed by atoms with E-state index >= 15 is 0 Å². The third kappa shape index (κ3) is 4.99. The Hall–Kier alpha value is -2.38. The third-order valence-corrected chi connectivity index (χ3v) is 5.80. The Balaban J connectivity index is 0.00000121. The van der Waals surface area contributed by atoms with E-state index in [0.717, 1.165) is 59.1 Å². The van der Waals surface area contributed by atoms with E-state index in [0.29, 0.717) is 11.7 Å². The van der Waals surface area contributed by atoms with Crippen molar-refractivity contribution >= 4 is 53.8 Å². The molecule has 4 N–H and O–H groups in total. The molecule has 1 aromatic carbocycles. The summed E-state index contributed by atoms with van der Waals surface area (Å²) in [6.45, 7) is 4.17. The van der Waals surface area contributed by atoms with E-state index in [1.807, 2.05) is 18.6 Å². The zero-order valence-corrected chi connectivity index (χ0v) is 20.1. The summed E-state index contributed by atoms with van der Waals surface area (Å²) in [7, 11) is 0. The Morgan fingerprint density at radius 1 is 0.875 bits per heavy atom.